The van der Waals surface area contributed by atoms with Gasteiger partial charge in [0.15, 0.2) is 0 Å². The zero-order valence-electron chi connectivity index (χ0n) is 10.9. The Bertz CT molecular complexity index is 520. The first-order chi connectivity index (χ1) is 9.15. The highest BCUT2D eigenvalue weighted by atomic mass is 16.3. The molecular weight excluding hydrogens is 242 g/mol. The molecule has 0 fully saturated rings. The minimum absolute atomic E-state index is 0.0850. The van der Waals surface area contributed by atoms with Crippen LogP contribution in [0.2, 0.25) is 0 Å². The van der Waals surface area contributed by atoms with Gasteiger partial charge in [-0.3, -0.25) is 4.79 Å². The van der Waals surface area contributed by atoms with Crippen LogP contribution >= 0.6 is 0 Å². The molecule has 5 nitrogen and oxygen atoms in total. The molecule has 2 rings (SSSR count). The lowest BCUT2D eigenvalue weighted by Gasteiger charge is -2.17. The Morgan fingerprint density at radius 1 is 1.37 bits per heavy atom. The Kier molecular flexibility index (Phi) is 4.18. The molecule has 0 atom stereocenters. The summed E-state index contributed by atoms with van der Waals surface area (Å²) in [6, 6.07) is 6.88. The Balaban J connectivity index is 1.83. The number of nitrogens with zero attached hydrogens (tertiary/aromatic N) is 3. The van der Waals surface area contributed by atoms with Crippen molar-refractivity contribution < 1.29 is 9.90 Å². The number of rotatable bonds is 5. The number of benzene rings is 1. The Morgan fingerprint density at radius 3 is 2.74 bits per heavy atom. The molecule has 0 aliphatic heterocycles. The largest absolute Gasteiger partial charge is 0.508 e. The van der Waals surface area contributed by atoms with Gasteiger partial charge in [0, 0.05) is 39.0 Å². The minimum Gasteiger partial charge on any atom is -0.508 e. The van der Waals surface area contributed by atoms with Crippen LogP contribution in [0.25, 0.3) is 0 Å². The van der Waals surface area contributed by atoms with Gasteiger partial charge in [0.05, 0.1) is 6.33 Å². The Morgan fingerprint density at radius 2 is 2.11 bits per heavy atom. The molecule has 0 bridgehead atoms. The van der Waals surface area contributed by atoms with Gasteiger partial charge >= 0.3 is 0 Å². The topological polar surface area (TPSA) is 58.4 Å². The summed E-state index contributed by atoms with van der Waals surface area (Å²) in [4.78, 5) is 17.6. The molecule has 0 unspecified atom stereocenters. The number of hydrogen-bond donors (Lipinski definition) is 1. The fraction of sp³-hybridized carbons (Fsp3) is 0.286. The van der Waals surface area contributed by atoms with Crippen LogP contribution in [0.5, 0.6) is 5.75 Å². The first-order valence-electron chi connectivity index (χ1n) is 6.13. The number of aryl methyl sites for hydroxylation is 1. The van der Waals surface area contributed by atoms with E-state index in [0.717, 1.165) is 5.56 Å². The number of carbonyl (C=O) groups is 1. The van der Waals surface area contributed by atoms with Crippen LogP contribution in [0.1, 0.15) is 12.0 Å². The van der Waals surface area contributed by atoms with Gasteiger partial charge in [-0.25, -0.2) is 4.98 Å². The summed E-state index contributed by atoms with van der Waals surface area (Å²) >= 11 is 0. The molecular formula is C14H17N3O2. The number of aromatic nitrogens is 2. The maximum absolute atomic E-state index is 12.0. The molecule has 19 heavy (non-hydrogen) atoms. The molecule has 0 aliphatic carbocycles. The second-order valence-corrected chi connectivity index (χ2v) is 4.47. The van der Waals surface area contributed by atoms with E-state index in [0.29, 0.717) is 19.5 Å². The van der Waals surface area contributed by atoms with Gasteiger partial charge in [-0.15, -0.1) is 0 Å². The molecule has 1 amide bonds. The average molecular weight is 259 g/mol. The van der Waals surface area contributed by atoms with Crippen molar-refractivity contribution in [2.45, 2.75) is 19.5 Å². The maximum Gasteiger partial charge on any atom is 0.224 e. The smallest absolute Gasteiger partial charge is 0.224 e. The summed E-state index contributed by atoms with van der Waals surface area (Å²) in [6.07, 6.45) is 5.69. The average Bonchev–Trinajstić information content (AvgIpc) is 2.91. The summed E-state index contributed by atoms with van der Waals surface area (Å²) in [5.74, 6) is 0.319. The predicted octanol–water partition coefficient (Wildman–Crippen LogP) is 1.64. The van der Waals surface area contributed by atoms with E-state index in [1.54, 1.807) is 36.6 Å². The van der Waals surface area contributed by atoms with Crippen LogP contribution in [0.4, 0.5) is 0 Å². The lowest BCUT2D eigenvalue weighted by molar-refractivity contribution is -0.130. The van der Waals surface area contributed by atoms with Gasteiger partial charge in [-0.05, 0) is 17.7 Å². The van der Waals surface area contributed by atoms with Crippen LogP contribution in [0, 0.1) is 0 Å². The van der Waals surface area contributed by atoms with E-state index in [2.05, 4.69) is 4.98 Å². The summed E-state index contributed by atoms with van der Waals surface area (Å²) in [5, 5.41) is 9.20. The lowest BCUT2D eigenvalue weighted by Crippen LogP contribution is -2.26. The van der Waals surface area contributed by atoms with Gasteiger partial charge < -0.3 is 14.6 Å². The van der Waals surface area contributed by atoms with Crippen molar-refractivity contribution in [3.05, 3.63) is 48.5 Å². The van der Waals surface area contributed by atoms with Crippen LogP contribution in [0.3, 0.4) is 0 Å². The lowest BCUT2D eigenvalue weighted by atomic mass is 10.2. The Labute approximate surface area is 112 Å². The van der Waals surface area contributed by atoms with Gasteiger partial charge in [-0.1, -0.05) is 12.1 Å². The third kappa shape index (κ3) is 3.84. The molecule has 5 heteroatoms. The van der Waals surface area contributed by atoms with Crippen molar-refractivity contribution in [1.29, 1.82) is 0 Å². The number of amides is 1. The van der Waals surface area contributed by atoms with E-state index in [9.17, 15) is 9.90 Å². The highest BCUT2D eigenvalue weighted by Crippen LogP contribution is 2.11. The molecule has 0 radical (unpaired) electrons. The van der Waals surface area contributed by atoms with Crippen molar-refractivity contribution in [1.82, 2.24) is 14.5 Å². The van der Waals surface area contributed by atoms with Crippen molar-refractivity contribution in [2.24, 2.45) is 0 Å². The molecule has 0 saturated heterocycles. The molecule has 0 spiro atoms. The minimum atomic E-state index is 0.0850. The van der Waals surface area contributed by atoms with E-state index >= 15 is 0 Å². The fourth-order valence-electron chi connectivity index (χ4n) is 1.80. The number of phenols is 1. The molecule has 1 heterocycles. The van der Waals surface area contributed by atoms with Crippen molar-refractivity contribution in [3.8, 4) is 5.75 Å². The monoisotopic (exact) mass is 259 g/mol. The summed E-state index contributed by atoms with van der Waals surface area (Å²) in [7, 11) is 1.78. The summed E-state index contributed by atoms with van der Waals surface area (Å²) < 4.78 is 1.88. The highest BCUT2D eigenvalue weighted by Gasteiger charge is 2.09. The molecule has 1 N–H and O–H groups in total. The number of carbonyl (C=O) groups excluding carboxylic acids is 1. The quantitative estimate of drug-likeness (QED) is 0.888. The van der Waals surface area contributed by atoms with Crippen molar-refractivity contribution in [2.75, 3.05) is 7.05 Å². The van der Waals surface area contributed by atoms with E-state index < -0.39 is 0 Å². The second-order valence-electron chi connectivity index (χ2n) is 4.47. The summed E-state index contributed by atoms with van der Waals surface area (Å²) in [6.45, 7) is 1.18. The van der Waals surface area contributed by atoms with E-state index in [1.807, 2.05) is 22.9 Å². The maximum atomic E-state index is 12.0. The molecule has 0 saturated carbocycles. The molecule has 2 aromatic rings. The zero-order chi connectivity index (χ0) is 13.7. The number of hydrogen-bond acceptors (Lipinski definition) is 3. The van der Waals surface area contributed by atoms with Gasteiger partial charge in [0.1, 0.15) is 5.75 Å². The molecule has 100 valence electrons. The van der Waals surface area contributed by atoms with Gasteiger partial charge in [0.25, 0.3) is 0 Å². The normalized spacial score (nSPS) is 10.4. The second kappa shape index (κ2) is 6.04. The van der Waals surface area contributed by atoms with Gasteiger partial charge in [-0.2, -0.15) is 0 Å². The zero-order valence-corrected chi connectivity index (χ0v) is 10.9. The summed E-state index contributed by atoms with van der Waals surface area (Å²) in [5.41, 5.74) is 0.997. The molecule has 1 aromatic heterocycles. The SMILES string of the molecule is CN(Cc1ccc(O)cc1)C(=O)CCn1ccnc1. The third-order valence-corrected chi connectivity index (χ3v) is 2.92. The first kappa shape index (κ1) is 13.1. The molecule has 0 aliphatic rings. The van der Waals surface area contributed by atoms with Crippen LogP contribution < -0.4 is 0 Å². The third-order valence-electron chi connectivity index (χ3n) is 2.92. The highest BCUT2D eigenvalue weighted by molar-refractivity contribution is 5.75. The van der Waals surface area contributed by atoms with Crippen LogP contribution in [-0.2, 0) is 17.9 Å². The van der Waals surface area contributed by atoms with E-state index in [1.165, 1.54) is 0 Å². The van der Waals surface area contributed by atoms with Crippen molar-refractivity contribution in [3.63, 3.8) is 0 Å². The van der Waals surface area contributed by atoms with Crippen LogP contribution in [0.15, 0.2) is 43.0 Å². The van der Waals surface area contributed by atoms with Gasteiger partial charge in [0.2, 0.25) is 5.91 Å². The van der Waals surface area contributed by atoms with Crippen molar-refractivity contribution >= 4 is 5.91 Å². The fourth-order valence-corrected chi connectivity index (χ4v) is 1.80. The number of aromatic hydroxyl groups is 1. The molecule has 1 aromatic carbocycles. The Hall–Kier alpha value is -2.30. The first-order valence-corrected chi connectivity index (χ1v) is 6.13. The number of imidazole rings is 1. The standard InChI is InChI=1S/C14H17N3O2/c1-16(10-12-2-4-13(18)5-3-12)14(19)6-8-17-9-7-15-11-17/h2-5,7,9,11,18H,6,8,10H2,1H3. The van der Waals surface area contributed by atoms with E-state index in [-0.39, 0.29) is 11.7 Å². The van der Waals surface area contributed by atoms with E-state index in [4.69, 9.17) is 0 Å². The van der Waals surface area contributed by atoms with Crippen LogP contribution in [-0.4, -0.2) is 32.5 Å². The number of phenolic OH excluding ortho intramolecular Hbond substituents is 1. The predicted molar refractivity (Wildman–Crippen MR) is 71.4 cm³/mol.